The van der Waals surface area contributed by atoms with Crippen molar-refractivity contribution < 1.29 is 4.39 Å². The SMILES string of the molecule is C=CN(C=C(C)C(=C)C)c1ccc(C2=CSC(C)=C=CC2)cc1F. The van der Waals surface area contributed by atoms with Crippen molar-refractivity contribution in [1.82, 2.24) is 0 Å². The first kappa shape index (κ1) is 18.1. The van der Waals surface area contributed by atoms with E-state index in [2.05, 4.69) is 24.3 Å². The van der Waals surface area contributed by atoms with Crippen LogP contribution in [0.1, 0.15) is 32.8 Å². The quantitative estimate of drug-likeness (QED) is 0.429. The van der Waals surface area contributed by atoms with E-state index in [0.717, 1.165) is 33.6 Å². The van der Waals surface area contributed by atoms with Gasteiger partial charge < -0.3 is 4.90 Å². The molecule has 0 fully saturated rings. The van der Waals surface area contributed by atoms with Crippen molar-refractivity contribution in [3.8, 4) is 0 Å². The minimum atomic E-state index is -0.276. The van der Waals surface area contributed by atoms with E-state index < -0.39 is 0 Å². The highest BCUT2D eigenvalue weighted by atomic mass is 32.2. The molecule has 1 heterocycles. The fraction of sp³-hybridized carbons (Fsp3) is 0.190. The summed E-state index contributed by atoms with van der Waals surface area (Å²) in [4.78, 5) is 2.80. The van der Waals surface area contributed by atoms with E-state index in [4.69, 9.17) is 0 Å². The van der Waals surface area contributed by atoms with Crippen LogP contribution in [-0.2, 0) is 0 Å². The van der Waals surface area contributed by atoms with Gasteiger partial charge in [0.2, 0.25) is 0 Å². The van der Waals surface area contributed by atoms with Crippen LogP contribution in [-0.4, -0.2) is 0 Å². The fourth-order valence-corrected chi connectivity index (χ4v) is 2.89. The van der Waals surface area contributed by atoms with Crippen molar-refractivity contribution in [2.24, 2.45) is 0 Å². The van der Waals surface area contributed by atoms with Crippen LogP contribution in [0, 0.1) is 5.82 Å². The summed E-state index contributed by atoms with van der Waals surface area (Å²) in [5, 5.41) is 2.07. The molecule has 124 valence electrons. The Hall–Kier alpha value is -2.22. The van der Waals surface area contributed by atoms with E-state index in [0.29, 0.717) is 5.69 Å². The molecule has 0 aliphatic carbocycles. The van der Waals surface area contributed by atoms with Crippen LogP contribution in [0.4, 0.5) is 10.1 Å². The molecule has 0 aromatic heterocycles. The standard InChI is InChI=1S/C21H22FNS/c1-6-23(13-16(4)15(2)3)21-11-10-18(12-20(21)22)19-9-7-8-17(5)24-14-19/h6-7,10-14H,1-2,9H2,3-5H3. The molecule has 0 saturated carbocycles. The summed E-state index contributed by atoms with van der Waals surface area (Å²) in [6, 6.07) is 5.31. The number of nitrogens with zero attached hydrogens (tertiary/aromatic N) is 1. The van der Waals surface area contributed by atoms with Gasteiger partial charge in [-0.3, -0.25) is 0 Å². The zero-order chi connectivity index (χ0) is 17.7. The number of hydrogen-bond acceptors (Lipinski definition) is 2. The summed E-state index contributed by atoms with van der Waals surface area (Å²) in [6.45, 7) is 13.6. The van der Waals surface area contributed by atoms with E-state index in [9.17, 15) is 4.39 Å². The Morgan fingerprint density at radius 3 is 2.75 bits per heavy atom. The van der Waals surface area contributed by atoms with Gasteiger partial charge in [-0.1, -0.05) is 36.6 Å². The molecule has 0 amide bonds. The Labute approximate surface area is 148 Å². The van der Waals surface area contributed by atoms with Crippen LogP contribution < -0.4 is 4.90 Å². The topological polar surface area (TPSA) is 3.24 Å². The van der Waals surface area contributed by atoms with Gasteiger partial charge in [-0.05, 0) is 67.5 Å². The second-order valence-corrected chi connectivity index (χ2v) is 6.80. The predicted molar refractivity (Wildman–Crippen MR) is 105 cm³/mol. The third-order valence-corrected chi connectivity index (χ3v) is 4.68. The summed E-state index contributed by atoms with van der Waals surface area (Å²) < 4.78 is 14.7. The molecule has 1 aromatic carbocycles. The molecule has 0 bridgehead atoms. The molecule has 1 aliphatic heterocycles. The molecule has 3 heteroatoms. The average molecular weight is 339 g/mol. The average Bonchev–Trinajstić information content (AvgIpc) is 2.77. The van der Waals surface area contributed by atoms with Crippen LogP contribution in [0.2, 0.25) is 0 Å². The number of thioether (sulfide) groups is 1. The van der Waals surface area contributed by atoms with Crippen molar-refractivity contribution >= 4 is 23.0 Å². The first-order valence-electron chi connectivity index (χ1n) is 7.75. The number of hydrogen-bond donors (Lipinski definition) is 0. The molecular weight excluding hydrogens is 317 g/mol. The molecule has 0 radical (unpaired) electrons. The second-order valence-electron chi connectivity index (χ2n) is 5.72. The summed E-state index contributed by atoms with van der Waals surface area (Å²) in [5.74, 6) is -0.276. The maximum Gasteiger partial charge on any atom is 0.147 e. The Balaban J connectivity index is 2.33. The van der Waals surface area contributed by atoms with Crippen molar-refractivity contribution in [3.05, 3.63) is 88.4 Å². The summed E-state index contributed by atoms with van der Waals surface area (Å²) in [6.07, 6.45) is 6.18. The minimum absolute atomic E-state index is 0.276. The van der Waals surface area contributed by atoms with Crippen molar-refractivity contribution in [2.45, 2.75) is 27.2 Å². The highest BCUT2D eigenvalue weighted by Crippen LogP contribution is 2.31. The van der Waals surface area contributed by atoms with Crippen LogP contribution in [0.3, 0.4) is 0 Å². The Bertz CT molecular complexity index is 792. The molecular formula is C21H22FNS. The molecule has 0 saturated heterocycles. The van der Waals surface area contributed by atoms with Gasteiger partial charge in [0.1, 0.15) is 5.82 Å². The number of benzene rings is 1. The summed E-state index contributed by atoms with van der Waals surface area (Å²) in [7, 11) is 0. The summed E-state index contributed by atoms with van der Waals surface area (Å²) in [5.41, 5.74) is 7.57. The Morgan fingerprint density at radius 1 is 1.38 bits per heavy atom. The third kappa shape index (κ3) is 4.41. The van der Waals surface area contributed by atoms with Gasteiger partial charge in [0, 0.05) is 17.3 Å². The minimum Gasteiger partial charge on any atom is -0.322 e. The zero-order valence-electron chi connectivity index (χ0n) is 14.4. The van der Waals surface area contributed by atoms with Gasteiger partial charge in [-0.25, -0.2) is 4.39 Å². The Morgan fingerprint density at radius 2 is 2.12 bits per heavy atom. The molecule has 0 unspecified atom stereocenters. The van der Waals surface area contributed by atoms with Crippen LogP contribution in [0.25, 0.3) is 5.57 Å². The molecule has 1 nitrogen and oxygen atoms in total. The van der Waals surface area contributed by atoms with Crippen molar-refractivity contribution in [2.75, 3.05) is 4.90 Å². The molecule has 1 aliphatic rings. The van der Waals surface area contributed by atoms with Crippen molar-refractivity contribution in [1.29, 1.82) is 0 Å². The van der Waals surface area contributed by atoms with Crippen LogP contribution in [0.15, 0.2) is 77.0 Å². The maximum absolute atomic E-state index is 14.7. The predicted octanol–water partition coefficient (Wildman–Crippen LogP) is 6.79. The highest BCUT2D eigenvalue weighted by molar-refractivity contribution is 8.05. The van der Waals surface area contributed by atoms with Gasteiger partial charge in [0.15, 0.2) is 0 Å². The maximum atomic E-state index is 14.7. The zero-order valence-corrected chi connectivity index (χ0v) is 15.2. The monoisotopic (exact) mass is 339 g/mol. The Kier molecular flexibility index (Phi) is 6.08. The second kappa shape index (κ2) is 8.05. The molecule has 0 N–H and O–H groups in total. The fourth-order valence-electron chi connectivity index (χ4n) is 2.19. The number of halogens is 1. The smallest absolute Gasteiger partial charge is 0.147 e. The van der Waals surface area contributed by atoms with Gasteiger partial charge in [0.25, 0.3) is 0 Å². The lowest BCUT2D eigenvalue weighted by molar-refractivity contribution is 0.628. The highest BCUT2D eigenvalue weighted by Gasteiger charge is 2.11. The van der Waals surface area contributed by atoms with Crippen LogP contribution in [0.5, 0.6) is 0 Å². The molecule has 24 heavy (non-hydrogen) atoms. The van der Waals surface area contributed by atoms with Gasteiger partial charge in [-0.15, -0.1) is 5.73 Å². The lowest BCUT2D eigenvalue weighted by Gasteiger charge is -2.18. The largest absolute Gasteiger partial charge is 0.322 e. The normalized spacial score (nSPS) is 14.6. The number of rotatable bonds is 5. The number of anilines is 1. The van der Waals surface area contributed by atoms with Crippen LogP contribution >= 0.6 is 11.8 Å². The molecule has 2 rings (SSSR count). The lowest BCUT2D eigenvalue weighted by Crippen LogP contribution is -2.09. The van der Waals surface area contributed by atoms with Crippen molar-refractivity contribution in [3.63, 3.8) is 0 Å². The molecule has 0 spiro atoms. The van der Waals surface area contributed by atoms with E-state index in [1.54, 1.807) is 35.0 Å². The third-order valence-electron chi connectivity index (χ3n) is 3.80. The van der Waals surface area contributed by atoms with E-state index in [-0.39, 0.29) is 5.82 Å². The lowest BCUT2D eigenvalue weighted by atomic mass is 10.0. The van der Waals surface area contributed by atoms with Gasteiger partial charge in [0.05, 0.1) is 5.69 Å². The first-order valence-corrected chi connectivity index (χ1v) is 8.63. The van der Waals surface area contributed by atoms with Gasteiger partial charge in [-0.2, -0.15) is 0 Å². The first-order chi connectivity index (χ1) is 11.4. The number of allylic oxidation sites excluding steroid dienone is 4. The van der Waals surface area contributed by atoms with E-state index in [1.807, 2.05) is 39.1 Å². The molecule has 0 atom stereocenters. The van der Waals surface area contributed by atoms with E-state index in [1.165, 1.54) is 0 Å². The molecule has 1 aromatic rings. The van der Waals surface area contributed by atoms with Gasteiger partial charge >= 0.3 is 0 Å². The summed E-state index contributed by atoms with van der Waals surface area (Å²) >= 11 is 1.62. The van der Waals surface area contributed by atoms with E-state index >= 15 is 0 Å².